The first-order valence-corrected chi connectivity index (χ1v) is 13.0. The summed E-state index contributed by atoms with van der Waals surface area (Å²) < 4.78 is 12.6. The van der Waals surface area contributed by atoms with Crippen LogP contribution in [0.4, 0.5) is 5.69 Å². The number of halogens is 2. The molecule has 37 heavy (non-hydrogen) atoms. The van der Waals surface area contributed by atoms with Crippen molar-refractivity contribution in [3.05, 3.63) is 97.0 Å². The second-order valence-corrected chi connectivity index (χ2v) is 10.4. The zero-order valence-electron chi connectivity index (χ0n) is 20.2. The van der Waals surface area contributed by atoms with Crippen LogP contribution in [0.3, 0.4) is 0 Å². The highest BCUT2D eigenvalue weighted by Gasteiger charge is 2.68. The summed E-state index contributed by atoms with van der Waals surface area (Å²) in [6.07, 6.45) is 0. The molecule has 0 unspecified atom stereocenters. The van der Waals surface area contributed by atoms with Gasteiger partial charge in [-0.25, -0.2) is 0 Å². The van der Waals surface area contributed by atoms with Gasteiger partial charge in [0.2, 0.25) is 0 Å². The van der Waals surface area contributed by atoms with Crippen LogP contribution in [0.15, 0.2) is 65.1 Å². The molecular weight excluding hydrogens is 562 g/mol. The molecule has 3 aromatic carbocycles. The molecule has 192 valence electrons. The Bertz CT molecular complexity index is 1390. The van der Waals surface area contributed by atoms with Crippen LogP contribution in [0.25, 0.3) is 0 Å². The molecule has 0 radical (unpaired) electrons. The lowest BCUT2D eigenvalue weighted by atomic mass is 9.79. The number of carbonyl (C=O) groups excluding carboxylic acids is 1. The minimum absolute atomic E-state index is 0.224. The van der Waals surface area contributed by atoms with Gasteiger partial charge >= 0.3 is 0 Å². The predicted octanol–water partition coefficient (Wildman–Crippen LogP) is 5.60. The molecule has 8 nitrogen and oxygen atoms in total. The number of amides is 1. The van der Waals surface area contributed by atoms with Crippen LogP contribution >= 0.6 is 27.5 Å². The van der Waals surface area contributed by atoms with Crippen LogP contribution in [0.1, 0.15) is 29.5 Å². The van der Waals surface area contributed by atoms with Crippen molar-refractivity contribution in [2.75, 3.05) is 25.5 Å². The summed E-state index contributed by atoms with van der Waals surface area (Å²) in [6, 6.07) is 17.0. The van der Waals surface area contributed by atoms with E-state index in [4.69, 9.17) is 21.1 Å². The van der Waals surface area contributed by atoms with Gasteiger partial charge in [0, 0.05) is 33.3 Å². The van der Waals surface area contributed by atoms with Gasteiger partial charge < -0.3 is 14.8 Å². The first-order valence-electron chi connectivity index (χ1n) is 11.9. The highest BCUT2D eigenvalue weighted by atomic mass is 79.9. The summed E-state index contributed by atoms with van der Waals surface area (Å²) in [6.45, 7) is 2.77. The standard InChI is InChI=1S/C27H25BrClN3O5/c1-3-36-23-13-17(12-20(28)24(23)37-15-16-8-4-6-10-21(16)29)18-14-31(2)27(25(18)32(34)35)19-9-5-7-11-22(19)30-26(27)33/h4-13,18,25H,3,14-15H2,1-2H3,(H,30,33)/t18-,25+,27-/m0/s1. The number of likely N-dealkylation sites (tertiary alicyclic amines) is 1. The van der Waals surface area contributed by atoms with E-state index in [0.29, 0.717) is 51.0 Å². The molecule has 1 amide bonds. The number of hydrogen-bond donors (Lipinski definition) is 1. The lowest BCUT2D eigenvalue weighted by Crippen LogP contribution is -2.54. The second kappa shape index (κ2) is 9.96. The molecule has 5 rings (SSSR count). The van der Waals surface area contributed by atoms with Crippen molar-refractivity contribution in [3.63, 3.8) is 0 Å². The minimum Gasteiger partial charge on any atom is -0.490 e. The fraction of sp³-hybridized carbons (Fsp3) is 0.296. The van der Waals surface area contributed by atoms with E-state index < -0.39 is 17.5 Å². The van der Waals surface area contributed by atoms with Crippen molar-refractivity contribution < 1.29 is 19.2 Å². The summed E-state index contributed by atoms with van der Waals surface area (Å²) >= 11 is 9.88. The molecule has 1 fully saturated rings. The third-order valence-corrected chi connectivity index (χ3v) is 8.09. The van der Waals surface area contributed by atoms with Crippen molar-refractivity contribution in [1.82, 2.24) is 4.90 Å². The fourth-order valence-electron chi connectivity index (χ4n) is 5.55. The number of benzene rings is 3. The van der Waals surface area contributed by atoms with Crippen LogP contribution in [-0.4, -0.2) is 42.0 Å². The third kappa shape index (κ3) is 4.15. The Morgan fingerprint density at radius 1 is 1.19 bits per heavy atom. The smallest absolute Gasteiger partial charge is 0.256 e. The Morgan fingerprint density at radius 3 is 2.65 bits per heavy atom. The lowest BCUT2D eigenvalue weighted by Gasteiger charge is -2.30. The van der Waals surface area contributed by atoms with Crippen molar-refractivity contribution >= 4 is 39.1 Å². The van der Waals surface area contributed by atoms with Gasteiger partial charge in [-0.2, -0.15) is 0 Å². The van der Waals surface area contributed by atoms with E-state index in [1.54, 1.807) is 48.3 Å². The first kappa shape index (κ1) is 25.5. The number of fused-ring (bicyclic) bond motifs is 2. The van der Waals surface area contributed by atoms with Gasteiger partial charge in [-0.1, -0.05) is 48.0 Å². The Balaban J connectivity index is 1.55. The molecule has 1 saturated heterocycles. The number of carbonyl (C=O) groups is 1. The number of nitrogens with zero attached hydrogens (tertiary/aromatic N) is 2. The second-order valence-electron chi connectivity index (χ2n) is 9.13. The number of nitrogens with one attached hydrogen (secondary N) is 1. The number of likely N-dealkylation sites (N-methyl/N-ethyl adjacent to an activating group) is 1. The van der Waals surface area contributed by atoms with Gasteiger partial charge in [0.25, 0.3) is 11.9 Å². The maximum absolute atomic E-state index is 13.4. The summed E-state index contributed by atoms with van der Waals surface area (Å²) in [5.74, 6) is -0.0247. The number of para-hydroxylation sites is 1. The highest BCUT2D eigenvalue weighted by Crippen LogP contribution is 2.53. The zero-order chi connectivity index (χ0) is 26.3. The van der Waals surface area contributed by atoms with Crippen LogP contribution in [0.5, 0.6) is 11.5 Å². The Hall–Kier alpha value is -3.14. The summed E-state index contributed by atoms with van der Waals surface area (Å²) in [4.78, 5) is 27.5. The monoisotopic (exact) mass is 585 g/mol. The van der Waals surface area contributed by atoms with Crippen LogP contribution < -0.4 is 14.8 Å². The largest absolute Gasteiger partial charge is 0.490 e. The molecule has 0 bridgehead atoms. The van der Waals surface area contributed by atoms with Gasteiger partial charge in [0.05, 0.1) is 17.0 Å². The molecule has 2 heterocycles. The number of anilines is 1. The molecule has 3 atom stereocenters. The van der Waals surface area contributed by atoms with Crippen molar-refractivity contribution in [2.24, 2.45) is 0 Å². The van der Waals surface area contributed by atoms with E-state index >= 15 is 0 Å². The maximum atomic E-state index is 13.4. The summed E-state index contributed by atoms with van der Waals surface area (Å²) in [5, 5.41) is 16.1. The molecule has 10 heteroatoms. The number of rotatable bonds is 7. The van der Waals surface area contributed by atoms with E-state index in [2.05, 4.69) is 21.2 Å². The number of ether oxygens (including phenoxy) is 2. The van der Waals surface area contributed by atoms with Crippen molar-refractivity contribution in [2.45, 2.75) is 31.0 Å². The quantitative estimate of drug-likeness (QED) is 0.286. The molecule has 1 N–H and O–H groups in total. The zero-order valence-corrected chi connectivity index (χ0v) is 22.6. The van der Waals surface area contributed by atoms with E-state index in [1.807, 2.05) is 31.2 Å². The van der Waals surface area contributed by atoms with E-state index in [1.165, 1.54) is 0 Å². The molecule has 0 aromatic heterocycles. The number of hydrogen-bond acceptors (Lipinski definition) is 6. The summed E-state index contributed by atoms with van der Waals surface area (Å²) in [7, 11) is 1.76. The van der Waals surface area contributed by atoms with Gasteiger partial charge in [0.1, 0.15) is 6.61 Å². The van der Waals surface area contributed by atoms with Crippen molar-refractivity contribution in [3.8, 4) is 11.5 Å². The molecule has 2 aliphatic rings. The fourth-order valence-corrected chi connectivity index (χ4v) is 6.31. The topological polar surface area (TPSA) is 93.9 Å². The van der Waals surface area contributed by atoms with Crippen molar-refractivity contribution in [1.29, 1.82) is 0 Å². The average molecular weight is 587 g/mol. The maximum Gasteiger partial charge on any atom is 0.256 e. The van der Waals surface area contributed by atoms with Crippen LogP contribution in [-0.2, 0) is 16.9 Å². The van der Waals surface area contributed by atoms with Gasteiger partial charge in [-0.15, -0.1) is 0 Å². The van der Waals surface area contributed by atoms with Gasteiger partial charge in [-0.3, -0.25) is 19.8 Å². The molecule has 0 aliphatic carbocycles. The van der Waals surface area contributed by atoms with E-state index in [0.717, 1.165) is 5.56 Å². The molecule has 1 spiro atoms. The predicted molar refractivity (Wildman–Crippen MR) is 144 cm³/mol. The van der Waals surface area contributed by atoms with Crippen LogP contribution in [0.2, 0.25) is 5.02 Å². The number of nitro groups is 1. The van der Waals surface area contributed by atoms with Gasteiger partial charge in [0.15, 0.2) is 17.0 Å². The molecule has 0 saturated carbocycles. The SMILES string of the molecule is CCOc1cc([C@@H]2CN(C)[C@]3(C(=O)Nc4ccccc43)[C@@H]2[N+](=O)[O-])cc(Br)c1OCc1ccccc1Cl. The Morgan fingerprint density at radius 2 is 1.92 bits per heavy atom. The average Bonchev–Trinajstić information content (AvgIpc) is 3.34. The first-order chi connectivity index (χ1) is 17.8. The molecule has 2 aliphatic heterocycles. The molecular formula is C27H25BrClN3O5. The third-order valence-electron chi connectivity index (χ3n) is 7.13. The Labute approximate surface area is 227 Å². The normalized spacial score (nSPS) is 22.6. The Kier molecular flexibility index (Phi) is 6.87. The van der Waals surface area contributed by atoms with E-state index in [9.17, 15) is 14.9 Å². The lowest BCUT2D eigenvalue weighted by molar-refractivity contribution is -0.534. The highest BCUT2D eigenvalue weighted by molar-refractivity contribution is 9.10. The minimum atomic E-state index is -1.41. The summed E-state index contributed by atoms with van der Waals surface area (Å²) in [5.41, 5.74) is 1.31. The van der Waals surface area contributed by atoms with Crippen LogP contribution in [0, 0.1) is 10.1 Å². The van der Waals surface area contributed by atoms with E-state index in [-0.39, 0.29) is 17.4 Å². The molecule has 3 aromatic rings. The van der Waals surface area contributed by atoms with Gasteiger partial charge in [-0.05, 0) is 59.7 Å².